The molecule has 2 N–H and O–H groups in total. The molecular formula is C26H23BO3. The Balaban J connectivity index is 2.10. The lowest BCUT2D eigenvalue weighted by Crippen LogP contribution is -2.39. The first-order valence-corrected chi connectivity index (χ1v) is 9.93. The molecule has 0 amide bonds. The van der Waals surface area contributed by atoms with Gasteiger partial charge < -0.3 is 14.7 Å². The Kier molecular flexibility index (Phi) is 5.82. The van der Waals surface area contributed by atoms with Gasteiger partial charge in [-0.2, -0.15) is 0 Å². The van der Waals surface area contributed by atoms with Gasteiger partial charge in [0.25, 0.3) is 0 Å². The number of aryl methyl sites for hydroxylation is 1. The van der Waals surface area contributed by atoms with Crippen LogP contribution < -0.4 is 0 Å². The quantitative estimate of drug-likeness (QED) is 0.360. The normalized spacial score (nSPS) is 11.3. The Morgan fingerprint density at radius 1 is 0.667 bits per heavy atom. The third-order valence-corrected chi connectivity index (χ3v) is 5.28. The fourth-order valence-corrected chi connectivity index (χ4v) is 4.00. The first-order chi connectivity index (χ1) is 14.6. The molecule has 0 saturated heterocycles. The predicted octanol–water partition coefficient (Wildman–Crippen LogP) is 4.94. The Labute approximate surface area is 177 Å². The Morgan fingerprint density at radius 3 is 1.67 bits per heavy atom. The van der Waals surface area contributed by atoms with Crippen LogP contribution in [0.15, 0.2) is 109 Å². The lowest BCUT2D eigenvalue weighted by atomic mass is 9.75. The molecule has 3 nitrogen and oxygen atoms in total. The van der Waals surface area contributed by atoms with Crippen molar-refractivity contribution in [2.24, 2.45) is 0 Å². The fourth-order valence-electron chi connectivity index (χ4n) is 4.00. The molecule has 4 aromatic carbocycles. The topological polar surface area (TPSA) is 49.7 Å². The second-order valence-corrected chi connectivity index (χ2v) is 7.27. The second kappa shape index (κ2) is 8.68. The zero-order valence-corrected chi connectivity index (χ0v) is 16.8. The summed E-state index contributed by atoms with van der Waals surface area (Å²) in [6, 6.07) is 35.6. The van der Waals surface area contributed by atoms with Crippen molar-refractivity contribution in [3.8, 4) is 11.1 Å². The van der Waals surface area contributed by atoms with Gasteiger partial charge in [0.1, 0.15) is 5.60 Å². The highest BCUT2D eigenvalue weighted by atomic mass is 16.6. The standard InChI is InChI=1S/C26H23BO3/c1-20-17-18-25(24(19-20)21-11-5-2-6-12-21)26(30-27(28)29,22-13-7-3-8-14-22)23-15-9-4-10-16-23/h2-19,28-29H,1H3. The summed E-state index contributed by atoms with van der Waals surface area (Å²) < 4.78 is 6.01. The van der Waals surface area contributed by atoms with Gasteiger partial charge in [0.2, 0.25) is 0 Å². The molecule has 0 unspecified atom stereocenters. The molecule has 0 spiro atoms. The number of benzene rings is 4. The fraction of sp³-hybridized carbons (Fsp3) is 0.0769. The van der Waals surface area contributed by atoms with E-state index in [4.69, 9.17) is 4.65 Å². The van der Waals surface area contributed by atoms with E-state index >= 15 is 0 Å². The lowest BCUT2D eigenvalue weighted by molar-refractivity contribution is 0.0819. The molecule has 0 atom stereocenters. The summed E-state index contributed by atoms with van der Waals surface area (Å²) in [7, 11) is -1.96. The van der Waals surface area contributed by atoms with Gasteiger partial charge in [0.05, 0.1) is 0 Å². The van der Waals surface area contributed by atoms with E-state index < -0.39 is 12.9 Å². The van der Waals surface area contributed by atoms with E-state index in [0.717, 1.165) is 33.4 Å². The smallest absolute Gasteiger partial charge is 0.402 e. The summed E-state index contributed by atoms with van der Waals surface area (Å²) in [4.78, 5) is 0. The zero-order chi connectivity index (χ0) is 21.0. The number of hydrogen-bond donors (Lipinski definition) is 2. The molecule has 0 aliphatic rings. The third-order valence-electron chi connectivity index (χ3n) is 5.28. The van der Waals surface area contributed by atoms with E-state index in [1.54, 1.807) is 0 Å². The summed E-state index contributed by atoms with van der Waals surface area (Å²) in [6.07, 6.45) is 0. The molecule has 4 heteroatoms. The molecular weight excluding hydrogens is 371 g/mol. The van der Waals surface area contributed by atoms with E-state index in [1.165, 1.54) is 0 Å². The summed E-state index contributed by atoms with van der Waals surface area (Å²) in [6.45, 7) is 2.05. The van der Waals surface area contributed by atoms with Crippen LogP contribution >= 0.6 is 0 Å². The molecule has 0 aromatic heterocycles. The van der Waals surface area contributed by atoms with E-state index in [9.17, 15) is 10.0 Å². The molecule has 0 aliphatic heterocycles. The molecule has 148 valence electrons. The molecule has 0 aliphatic carbocycles. The van der Waals surface area contributed by atoms with Crippen LogP contribution in [0.25, 0.3) is 11.1 Å². The zero-order valence-electron chi connectivity index (χ0n) is 16.8. The highest BCUT2D eigenvalue weighted by molar-refractivity contribution is 6.33. The molecule has 0 bridgehead atoms. The van der Waals surface area contributed by atoms with Crippen molar-refractivity contribution in [2.45, 2.75) is 12.5 Å². The molecule has 0 saturated carbocycles. The number of rotatable bonds is 6. The van der Waals surface area contributed by atoms with Crippen LogP contribution in [0.2, 0.25) is 0 Å². The Hall–Kier alpha value is -3.18. The van der Waals surface area contributed by atoms with Crippen molar-refractivity contribution < 1.29 is 14.7 Å². The average molecular weight is 394 g/mol. The van der Waals surface area contributed by atoms with Gasteiger partial charge >= 0.3 is 7.32 Å². The van der Waals surface area contributed by atoms with Crippen molar-refractivity contribution in [1.82, 2.24) is 0 Å². The van der Waals surface area contributed by atoms with E-state index in [2.05, 4.69) is 6.07 Å². The maximum Gasteiger partial charge on any atom is 0.635 e. The predicted molar refractivity (Wildman–Crippen MR) is 121 cm³/mol. The van der Waals surface area contributed by atoms with Crippen LogP contribution in [0, 0.1) is 6.92 Å². The Bertz CT molecular complexity index is 1060. The van der Waals surface area contributed by atoms with Gasteiger partial charge in [-0.15, -0.1) is 0 Å². The van der Waals surface area contributed by atoms with Crippen molar-refractivity contribution in [3.05, 3.63) is 131 Å². The van der Waals surface area contributed by atoms with Crippen LogP contribution in [0.5, 0.6) is 0 Å². The van der Waals surface area contributed by atoms with Crippen molar-refractivity contribution >= 4 is 7.32 Å². The molecule has 0 heterocycles. The minimum Gasteiger partial charge on any atom is -0.402 e. The van der Waals surface area contributed by atoms with Crippen LogP contribution in [-0.2, 0) is 10.3 Å². The lowest BCUT2D eigenvalue weighted by Gasteiger charge is -2.37. The maximum atomic E-state index is 10.0. The molecule has 0 fully saturated rings. The van der Waals surface area contributed by atoms with Crippen LogP contribution in [0.4, 0.5) is 0 Å². The second-order valence-electron chi connectivity index (χ2n) is 7.27. The highest BCUT2D eigenvalue weighted by Gasteiger charge is 2.42. The largest absolute Gasteiger partial charge is 0.635 e. The molecule has 30 heavy (non-hydrogen) atoms. The van der Waals surface area contributed by atoms with E-state index in [-0.39, 0.29) is 0 Å². The van der Waals surface area contributed by atoms with E-state index in [0.29, 0.717) is 0 Å². The molecule has 0 radical (unpaired) electrons. The van der Waals surface area contributed by atoms with Crippen molar-refractivity contribution in [2.75, 3.05) is 0 Å². The first-order valence-electron chi connectivity index (χ1n) is 9.93. The van der Waals surface area contributed by atoms with Crippen molar-refractivity contribution in [3.63, 3.8) is 0 Å². The molecule has 4 aromatic rings. The van der Waals surface area contributed by atoms with Crippen molar-refractivity contribution in [1.29, 1.82) is 0 Å². The summed E-state index contributed by atoms with van der Waals surface area (Å²) in [5, 5.41) is 20.0. The van der Waals surface area contributed by atoms with Gasteiger partial charge in [-0.1, -0.05) is 115 Å². The van der Waals surface area contributed by atoms with Gasteiger partial charge in [-0.05, 0) is 34.7 Å². The van der Waals surface area contributed by atoms with E-state index in [1.807, 2.05) is 110 Å². The summed E-state index contributed by atoms with van der Waals surface area (Å²) >= 11 is 0. The minimum absolute atomic E-state index is 0.810. The maximum absolute atomic E-state index is 10.0. The van der Waals surface area contributed by atoms with Crippen LogP contribution in [-0.4, -0.2) is 17.4 Å². The van der Waals surface area contributed by atoms with Gasteiger partial charge in [0, 0.05) is 0 Å². The SMILES string of the molecule is Cc1ccc(C(OB(O)O)(c2ccccc2)c2ccccc2)c(-c2ccccc2)c1. The Morgan fingerprint density at radius 2 is 1.17 bits per heavy atom. The summed E-state index contributed by atoms with van der Waals surface area (Å²) in [5.74, 6) is 0. The summed E-state index contributed by atoms with van der Waals surface area (Å²) in [5.41, 5.74) is 4.36. The van der Waals surface area contributed by atoms with Crippen LogP contribution in [0.1, 0.15) is 22.3 Å². The first kappa shape index (κ1) is 20.1. The molecule has 4 rings (SSSR count). The third kappa shape index (κ3) is 3.81. The van der Waals surface area contributed by atoms with Gasteiger partial charge in [-0.3, -0.25) is 0 Å². The van der Waals surface area contributed by atoms with Crippen LogP contribution in [0.3, 0.4) is 0 Å². The highest BCUT2D eigenvalue weighted by Crippen LogP contribution is 2.45. The average Bonchev–Trinajstić information content (AvgIpc) is 2.79. The number of hydrogen-bond acceptors (Lipinski definition) is 3. The van der Waals surface area contributed by atoms with Gasteiger partial charge in [-0.25, -0.2) is 0 Å². The monoisotopic (exact) mass is 394 g/mol. The van der Waals surface area contributed by atoms with Gasteiger partial charge in [0.15, 0.2) is 0 Å². The minimum atomic E-state index is -1.96.